The SMILES string of the molecule is CC.CC.Cc1nn(PI)c2nc(Cl)cnc12. The second-order valence-corrected chi connectivity index (χ2v) is 4.87. The monoisotopic (exact) mass is 386 g/mol. The van der Waals surface area contributed by atoms with Crippen LogP contribution in [-0.4, -0.2) is 19.5 Å². The van der Waals surface area contributed by atoms with Crippen molar-refractivity contribution >= 4 is 51.2 Å². The summed E-state index contributed by atoms with van der Waals surface area (Å²) in [6.45, 7) is 9.91. The first-order valence-corrected chi connectivity index (χ1v) is 9.91. The molecule has 0 bridgehead atoms. The van der Waals surface area contributed by atoms with Gasteiger partial charge in [0, 0.05) is 0 Å². The predicted octanol–water partition coefficient (Wildman–Crippen LogP) is 4.63. The van der Waals surface area contributed by atoms with Gasteiger partial charge in [0.2, 0.25) is 0 Å². The zero-order valence-electron chi connectivity index (χ0n) is 10.6. The average molecular weight is 387 g/mol. The molecule has 0 fully saturated rings. The highest BCUT2D eigenvalue weighted by atomic mass is 127. The topological polar surface area (TPSA) is 43.6 Å². The van der Waals surface area contributed by atoms with Gasteiger partial charge in [0.05, 0.1) is 18.3 Å². The van der Waals surface area contributed by atoms with Crippen molar-refractivity contribution in [3.63, 3.8) is 0 Å². The molecule has 0 saturated heterocycles. The Morgan fingerprint density at radius 2 is 1.88 bits per heavy atom. The number of hydrogen-bond acceptors (Lipinski definition) is 3. The molecule has 1 atom stereocenters. The lowest BCUT2D eigenvalue weighted by atomic mass is 10.4. The fourth-order valence-corrected chi connectivity index (χ4v) is 2.63. The molecule has 0 aromatic carbocycles. The van der Waals surface area contributed by atoms with E-state index in [2.05, 4.69) is 37.1 Å². The van der Waals surface area contributed by atoms with Gasteiger partial charge < -0.3 is 0 Å². The Morgan fingerprint density at radius 3 is 2.41 bits per heavy atom. The lowest BCUT2D eigenvalue weighted by Crippen LogP contribution is -1.87. The van der Waals surface area contributed by atoms with Crippen molar-refractivity contribution in [3.05, 3.63) is 17.0 Å². The van der Waals surface area contributed by atoms with Crippen LogP contribution in [0.4, 0.5) is 0 Å². The highest BCUT2D eigenvalue weighted by Crippen LogP contribution is 2.28. The van der Waals surface area contributed by atoms with Gasteiger partial charge in [-0.05, 0) is 29.0 Å². The molecule has 0 amide bonds. The predicted molar refractivity (Wildman–Crippen MR) is 85.5 cm³/mol. The van der Waals surface area contributed by atoms with E-state index in [-0.39, 0.29) is 0 Å². The van der Waals surface area contributed by atoms with Crippen molar-refractivity contribution < 1.29 is 0 Å². The molecule has 7 heteroatoms. The normalized spacial score (nSPS) is 9.82. The fraction of sp³-hybridized carbons (Fsp3) is 0.500. The Kier molecular flexibility index (Phi) is 9.00. The van der Waals surface area contributed by atoms with Gasteiger partial charge >= 0.3 is 0 Å². The summed E-state index contributed by atoms with van der Waals surface area (Å²) >= 11 is 7.99. The van der Waals surface area contributed by atoms with Gasteiger partial charge in [-0.1, -0.05) is 39.3 Å². The number of rotatable bonds is 1. The molecule has 0 radical (unpaired) electrons. The average Bonchev–Trinajstić information content (AvgIpc) is 2.70. The van der Waals surface area contributed by atoms with Crippen LogP contribution in [0, 0.1) is 6.92 Å². The minimum absolute atomic E-state index is 0.406. The van der Waals surface area contributed by atoms with Crippen molar-refractivity contribution in [1.82, 2.24) is 19.5 Å². The molecule has 1 unspecified atom stereocenters. The summed E-state index contributed by atoms with van der Waals surface area (Å²) < 4.78 is 1.81. The third-order valence-electron chi connectivity index (χ3n) is 1.60. The summed E-state index contributed by atoms with van der Waals surface area (Å²) in [7, 11) is 0. The van der Waals surface area contributed by atoms with Crippen LogP contribution in [0.5, 0.6) is 0 Å². The molecule has 4 nitrogen and oxygen atoms in total. The van der Waals surface area contributed by atoms with Gasteiger partial charge in [-0.15, -0.1) is 0 Å². The molecule has 2 aromatic rings. The molecule has 0 spiro atoms. The van der Waals surface area contributed by atoms with E-state index in [4.69, 9.17) is 11.6 Å². The van der Waals surface area contributed by atoms with E-state index in [0.717, 1.165) is 16.9 Å². The minimum Gasteiger partial charge on any atom is -0.248 e. The summed E-state index contributed by atoms with van der Waals surface area (Å²) in [5.74, 6) is 0. The van der Waals surface area contributed by atoms with Crippen LogP contribution >= 0.6 is 40.0 Å². The standard InChI is InChI=1S/C6H5ClIN4P.2C2H6/c1-3-5-6(12(11-3)13-8)10-4(7)2-9-5;2*1-2/h2,13H,1H3;2*1-2H3. The lowest BCUT2D eigenvalue weighted by molar-refractivity contribution is 0.990. The van der Waals surface area contributed by atoms with E-state index < -0.39 is 0 Å². The molecular formula is C10H17ClIN4P. The second kappa shape index (κ2) is 9.00. The number of halogens is 2. The van der Waals surface area contributed by atoms with Crippen molar-refractivity contribution in [1.29, 1.82) is 0 Å². The first kappa shape index (κ1) is 17.0. The van der Waals surface area contributed by atoms with Gasteiger partial charge in [-0.3, -0.25) is 0 Å². The zero-order chi connectivity index (χ0) is 13.4. The Labute approximate surface area is 122 Å². The van der Waals surface area contributed by atoms with Crippen LogP contribution < -0.4 is 0 Å². The van der Waals surface area contributed by atoms with Gasteiger partial charge in [-0.25, -0.2) is 14.4 Å². The van der Waals surface area contributed by atoms with E-state index >= 15 is 0 Å². The van der Waals surface area contributed by atoms with Crippen LogP contribution in [0.2, 0.25) is 5.15 Å². The molecular weight excluding hydrogens is 369 g/mol. The molecule has 2 rings (SSSR count). The van der Waals surface area contributed by atoms with Crippen LogP contribution in [0.15, 0.2) is 6.20 Å². The highest BCUT2D eigenvalue weighted by Gasteiger charge is 2.09. The number of hydrogen-bond donors (Lipinski definition) is 0. The third kappa shape index (κ3) is 4.30. The van der Waals surface area contributed by atoms with Crippen molar-refractivity contribution in [3.8, 4) is 0 Å². The Morgan fingerprint density at radius 1 is 1.29 bits per heavy atom. The largest absolute Gasteiger partial charge is 0.248 e. The van der Waals surface area contributed by atoms with Crippen molar-refractivity contribution in [2.24, 2.45) is 0 Å². The molecule has 0 N–H and O–H groups in total. The molecule has 0 saturated carbocycles. The second-order valence-electron chi connectivity index (χ2n) is 2.45. The molecule has 0 aliphatic heterocycles. The number of aryl methyl sites for hydroxylation is 1. The maximum atomic E-state index is 5.74. The van der Waals surface area contributed by atoms with E-state index in [1.54, 1.807) is 6.20 Å². The van der Waals surface area contributed by atoms with Gasteiger partial charge in [-0.2, -0.15) is 5.10 Å². The summed E-state index contributed by atoms with van der Waals surface area (Å²) in [4.78, 5) is 8.35. The van der Waals surface area contributed by atoms with E-state index in [1.807, 2.05) is 39.1 Å². The number of fused-ring (bicyclic) bond motifs is 1. The molecule has 0 aliphatic carbocycles. The number of nitrogens with zero attached hydrogens (tertiary/aromatic N) is 4. The molecule has 96 valence electrons. The van der Waals surface area contributed by atoms with Crippen molar-refractivity contribution in [2.75, 3.05) is 0 Å². The van der Waals surface area contributed by atoms with Crippen LogP contribution in [0.1, 0.15) is 33.4 Å². The third-order valence-corrected chi connectivity index (χ3v) is 3.62. The van der Waals surface area contributed by atoms with Crippen LogP contribution in [-0.2, 0) is 0 Å². The molecule has 0 aliphatic rings. The van der Waals surface area contributed by atoms with E-state index in [1.165, 1.54) is 0 Å². The summed E-state index contributed by atoms with van der Waals surface area (Å²) in [6.07, 6.45) is 2.06. The molecule has 2 heterocycles. The van der Waals surface area contributed by atoms with E-state index in [0.29, 0.717) is 11.5 Å². The van der Waals surface area contributed by atoms with Crippen molar-refractivity contribution in [2.45, 2.75) is 34.6 Å². The first-order valence-electron chi connectivity index (χ1n) is 5.47. The van der Waals surface area contributed by atoms with Gasteiger partial charge in [0.1, 0.15) is 10.7 Å². The Bertz CT molecular complexity index is 461. The van der Waals surface area contributed by atoms with Gasteiger partial charge in [0.15, 0.2) is 5.65 Å². The minimum atomic E-state index is 0.406. The molecule has 17 heavy (non-hydrogen) atoms. The quantitative estimate of drug-likeness (QED) is 0.530. The maximum Gasteiger partial charge on any atom is 0.182 e. The first-order chi connectivity index (χ1) is 8.22. The zero-order valence-corrected chi connectivity index (χ0v) is 14.5. The molecule has 2 aromatic heterocycles. The smallest absolute Gasteiger partial charge is 0.182 e. The lowest BCUT2D eigenvalue weighted by Gasteiger charge is -1.94. The summed E-state index contributed by atoms with van der Waals surface area (Å²) in [5, 5.41) is 4.69. The van der Waals surface area contributed by atoms with Crippen LogP contribution in [0.25, 0.3) is 11.2 Å². The Hall–Kier alpha value is -0.000000000000000167. The number of aromatic nitrogens is 4. The summed E-state index contributed by atoms with van der Waals surface area (Å²) in [5.41, 5.74) is 2.48. The highest BCUT2D eigenvalue weighted by molar-refractivity contribution is 14.2. The van der Waals surface area contributed by atoms with Crippen LogP contribution in [0.3, 0.4) is 0 Å². The Balaban J connectivity index is 0.000000581. The van der Waals surface area contributed by atoms with Gasteiger partial charge in [0.25, 0.3) is 0 Å². The van der Waals surface area contributed by atoms with E-state index in [9.17, 15) is 0 Å². The summed E-state index contributed by atoms with van der Waals surface area (Å²) in [6, 6.07) is 0. The maximum absolute atomic E-state index is 5.74. The fourth-order valence-electron chi connectivity index (χ4n) is 1.07.